The molecule has 1 aromatic rings. The minimum atomic E-state index is 0.277. The highest BCUT2D eigenvalue weighted by molar-refractivity contribution is 6.02. The Labute approximate surface area is 90.2 Å². The number of amides is 1. The number of carbonyl (C=O) groups is 1. The number of aryl methyl sites for hydroxylation is 1. The number of hydrogen-bond acceptors (Lipinski definition) is 2. The molecule has 0 radical (unpaired) electrons. The van der Waals surface area contributed by atoms with Crippen LogP contribution in [0.3, 0.4) is 0 Å². The van der Waals surface area contributed by atoms with Gasteiger partial charge in [0, 0.05) is 0 Å². The van der Waals surface area contributed by atoms with E-state index >= 15 is 0 Å². The molecule has 0 spiro atoms. The standard InChI is InChI=1S/C12H16N2O/c1-9(2)12(14-13-8-15)11-6-4-5-10(3)7-11/h4-9H,1-3H3,(H,13,15). The van der Waals surface area contributed by atoms with Crippen molar-refractivity contribution in [1.82, 2.24) is 5.43 Å². The third kappa shape index (κ3) is 3.20. The highest BCUT2D eigenvalue weighted by Crippen LogP contribution is 2.11. The van der Waals surface area contributed by atoms with Gasteiger partial charge >= 0.3 is 0 Å². The SMILES string of the molecule is Cc1cccc(C(=NNC=O)C(C)C)c1. The molecule has 1 rings (SSSR count). The molecule has 3 nitrogen and oxygen atoms in total. The summed E-state index contributed by atoms with van der Waals surface area (Å²) in [6.45, 7) is 6.13. The zero-order valence-corrected chi connectivity index (χ0v) is 9.32. The first kappa shape index (κ1) is 11.4. The molecule has 1 aromatic carbocycles. The Morgan fingerprint density at radius 3 is 2.73 bits per heavy atom. The second kappa shape index (κ2) is 5.29. The van der Waals surface area contributed by atoms with E-state index in [1.54, 1.807) is 0 Å². The molecule has 0 unspecified atom stereocenters. The van der Waals surface area contributed by atoms with E-state index in [9.17, 15) is 4.79 Å². The number of rotatable bonds is 4. The molecule has 0 heterocycles. The molecular weight excluding hydrogens is 188 g/mol. The fourth-order valence-electron chi connectivity index (χ4n) is 1.43. The number of hydrazone groups is 1. The van der Waals surface area contributed by atoms with Crippen molar-refractivity contribution in [2.45, 2.75) is 20.8 Å². The minimum absolute atomic E-state index is 0.277. The van der Waals surface area contributed by atoms with Gasteiger partial charge in [0.1, 0.15) is 0 Å². The van der Waals surface area contributed by atoms with E-state index in [1.165, 1.54) is 5.56 Å². The van der Waals surface area contributed by atoms with Gasteiger partial charge in [-0.15, -0.1) is 0 Å². The third-order valence-corrected chi connectivity index (χ3v) is 2.10. The van der Waals surface area contributed by atoms with Crippen LogP contribution in [0.25, 0.3) is 0 Å². The molecular formula is C12H16N2O. The molecule has 0 aliphatic heterocycles. The molecule has 0 aliphatic carbocycles. The summed E-state index contributed by atoms with van der Waals surface area (Å²) in [7, 11) is 0. The largest absolute Gasteiger partial charge is 0.277 e. The first-order valence-electron chi connectivity index (χ1n) is 4.99. The number of carbonyl (C=O) groups excluding carboxylic acids is 1. The summed E-state index contributed by atoms with van der Waals surface area (Å²) in [5.74, 6) is 0.277. The Morgan fingerprint density at radius 1 is 1.47 bits per heavy atom. The number of nitrogens with one attached hydrogen (secondary N) is 1. The van der Waals surface area contributed by atoms with Crippen LogP contribution in [0.4, 0.5) is 0 Å². The van der Waals surface area contributed by atoms with Gasteiger partial charge < -0.3 is 0 Å². The van der Waals surface area contributed by atoms with Gasteiger partial charge in [0.05, 0.1) is 5.71 Å². The summed E-state index contributed by atoms with van der Waals surface area (Å²) in [5.41, 5.74) is 5.49. The van der Waals surface area contributed by atoms with Crippen molar-refractivity contribution in [2.24, 2.45) is 11.0 Å². The van der Waals surface area contributed by atoms with E-state index in [4.69, 9.17) is 0 Å². The molecule has 0 atom stereocenters. The maximum absolute atomic E-state index is 10.2. The minimum Gasteiger partial charge on any atom is -0.277 e. The third-order valence-electron chi connectivity index (χ3n) is 2.10. The average molecular weight is 204 g/mol. The highest BCUT2D eigenvalue weighted by Gasteiger charge is 2.08. The average Bonchev–Trinajstić information content (AvgIpc) is 2.18. The van der Waals surface area contributed by atoms with Crippen LogP contribution in [0.15, 0.2) is 29.4 Å². The zero-order valence-electron chi connectivity index (χ0n) is 9.32. The summed E-state index contributed by atoms with van der Waals surface area (Å²) in [4.78, 5) is 10.2. The van der Waals surface area contributed by atoms with E-state index in [2.05, 4.69) is 16.6 Å². The van der Waals surface area contributed by atoms with Crippen molar-refractivity contribution in [3.8, 4) is 0 Å². The number of hydrogen-bond donors (Lipinski definition) is 1. The van der Waals surface area contributed by atoms with Gasteiger partial charge in [0.25, 0.3) is 0 Å². The summed E-state index contributed by atoms with van der Waals surface area (Å²) in [6, 6.07) is 8.09. The Balaban J connectivity index is 3.04. The molecule has 15 heavy (non-hydrogen) atoms. The van der Waals surface area contributed by atoms with Crippen molar-refractivity contribution in [3.63, 3.8) is 0 Å². The Hall–Kier alpha value is -1.64. The summed E-state index contributed by atoms with van der Waals surface area (Å²) in [5, 5.41) is 4.05. The van der Waals surface area contributed by atoms with Crippen molar-refractivity contribution in [3.05, 3.63) is 35.4 Å². The first-order chi connectivity index (χ1) is 7.15. The lowest BCUT2D eigenvalue weighted by Crippen LogP contribution is -2.15. The molecule has 0 aliphatic rings. The van der Waals surface area contributed by atoms with Crippen molar-refractivity contribution < 1.29 is 4.79 Å². The van der Waals surface area contributed by atoms with Gasteiger partial charge in [-0.05, 0) is 18.4 Å². The normalized spacial score (nSPS) is 11.6. The predicted molar refractivity (Wildman–Crippen MR) is 61.8 cm³/mol. The van der Waals surface area contributed by atoms with E-state index in [-0.39, 0.29) is 5.92 Å². The summed E-state index contributed by atoms with van der Waals surface area (Å²) >= 11 is 0. The highest BCUT2D eigenvalue weighted by atomic mass is 16.1. The topological polar surface area (TPSA) is 41.5 Å². The van der Waals surface area contributed by atoms with E-state index in [1.807, 2.05) is 39.0 Å². The van der Waals surface area contributed by atoms with Gasteiger partial charge in [-0.2, -0.15) is 5.10 Å². The molecule has 0 aromatic heterocycles. The van der Waals surface area contributed by atoms with Crippen molar-refractivity contribution >= 4 is 12.1 Å². The number of benzene rings is 1. The quantitative estimate of drug-likeness (QED) is 0.455. The van der Waals surface area contributed by atoms with Crippen LogP contribution in [0.1, 0.15) is 25.0 Å². The molecule has 1 amide bonds. The molecule has 0 fully saturated rings. The van der Waals surface area contributed by atoms with Crippen LogP contribution in [0, 0.1) is 12.8 Å². The Morgan fingerprint density at radius 2 is 2.20 bits per heavy atom. The second-order valence-corrected chi connectivity index (χ2v) is 3.77. The number of nitrogens with zero attached hydrogens (tertiary/aromatic N) is 1. The van der Waals surface area contributed by atoms with Crippen LogP contribution in [0.2, 0.25) is 0 Å². The smallest absolute Gasteiger partial charge is 0.227 e. The fourth-order valence-corrected chi connectivity index (χ4v) is 1.43. The van der Waals surface area contributed by atoms with E-state index in [0.717, 1.165) is 11.3 Å². The van der Waals surface area contributed by atoms with Crippen LogP contribution < -0.4 is 5.43 Å². The van der Waals surface area contributed by atoms with E-state index < -0.39 is 0 Å². The van der Waals surface area contributed by atoms with Gasteiger partial charge in [-0.3, -0.25) is 4.79 Å². The van der Waals surface area contributed by atoms with Gasteiger partial charge in [-0.25, -0.2) is 5.43 Å². The molecule has 80 valence electrons. The Bertz CT molecular complexity index is 370. The van der Waals surface area contributed by atoms with Crippen LogP contribution in [0.5, 0.6) is 0 Å². The fraction of sp³-hybridized carbons (Fsp3) is 0.333. The predicted octanol–water partition coefficient (Wildman–Crippen LogP) is 2.10. The maximum atomic E-state index is 10.2. The monoisotopic (exact) mass is 204 g/mol. The van der Waals surface area contributed by atoms with Gasteiger partial charge in [0.2, 0.25) is 6.41 Å². The summed E-state index contributed by atoms with van der Waals surface area (Å²) < 4.78 is 0. The maximum Gasteiger partial charge on any atom is 0.227 e. The van der Waals surface area contributed by atoms with Crippen molar-refractivity contribution in [2.75, 3.05) is 0 Å². The zero-order chi connectivity index (χ0) is 11.3. The lowest BCUT2D eigenvalue weighted by molar-refractivity contribution is -0.109. The van der Waals surface area contributed by atoms with Crippen LogP contribution in [-0.4, -0.2) is 12.1 Å². The lowest BCUT2D eigenvalue weighted by atomic mass is 9.99. The molecule has 0 saturated carbocycles. The first-order valence-corrected chi connectivity index (χ1v) is 4.99. The summed E-state index contributed by atoms with van der Waals surface area (Å²) in [6.07, 6.45) is 0.582. The molecule has 0 bridgehead atoms. The van der Waals surface area contributed by atoms with Crippen LogP contribution >= 0.6 is 0 Å². The molecule has 1 N–H and O–H groups in total. The van der Waals surface area contributed by atoms with Gasteiger partial charge in [-0.1, -0.05) is 43.7 Å². The molecule has 0 saturated heterocycles. The second-order valence-electron chi connectivity index (χ2n) is 3.77. The Kier molecular flexibility index (Phi) is 4.03. The lowest BCUT2D eigenvalue weighted by Gasteiger charge is -2.10. The van der Waals surface area contributed by atoms with Crippen LogP contribution in [-0.2, 0) is 4.79 Å². The van der Waals surface area contributed by atoms with Crippen molar-refractivity contribution in [1.29, 1.82) is 0 Å². The molecule has 3 heteroatoms. The van der Waals surface area contributed by atoms with Gasteiger partial charge in [0.15, 0.2) is 0 Å². The van der Waals surface area contributed by atoms with E-state index in [0.29, 0.717) is 6.41 Å².